The SMILES string of the molecule is CCOc1cc(OCC)c(CC)cc1/C=C/c1nn2c(-c3ccccc3O)nnc2s1. The van der Waals surface area contributed by atoms with E-state index in [-0.39, 0.29) is 5.75 Å². The molecular weight excluding hydrogens is 412 g/mol. The Morgan fingerprint density at radius 3 is 2.52 bits per heavy atom. The fraction of sp³-hybridized carbons (Fsp3) is 0.261. The normalized spacial score (nSPS) is 11.5. The van der Waals surface area contributed by atoms with E-state index in [4.69, 9.17) is 9.47 Å². The van der Waals surface area contributed by atoms with E-state index in [1.165, 1.54) is 11.3 Å². The van der Waals surface area contributed by atoms with Gasteiger partial charge in [0.15, 0.2) is 5.82 Å². The second kappa shape index (κ2) is 9.18. The fourth-order valence-corrected chi connectivity index (χ4v) is 4.03. The lowest BCUT2D eigenvalue weighted by molar-refractivity contribution is 0.320. The number of aromatic nitrogens is 4. The van der Waals surface area contributed by atoms with Gasteiger partial charge in [-0.05, 0) is 56.2 Å². The van der Waals surface area contributed by atoms with Crippen LogP contribution < -0.4 is 9.47 Å². The molecule has 2 heterocycles. The van der Waals surface area contributed by atoms with E-state index in [0.717, 1.165) is 34.1 Å². The highest BCUT2D eigenvalue weighted by atomic mass is 32.1. The lowest BCUT2D eigenvalue weighted by Gasteiger charge is -2.14. The van der Waals surface area contributed by atoms with Crippen LogP contribution in [0.3, 0.4) is 0 Å². The van der Waals surface area contributed by atoms with Crippen LogP contribution in [0, 0.1) is 0 Å². The van der Waals surface area contributed by atoms with Crippen LogP contribution in [0.2, 0.25) is 0 Å². The summed E-state index contributed by atoms with van der Waals surface area (Å²) in [5.41, 5.74) is 2.69. The molecule has 31 heavy (non-hydrogen) atoms. The summed E-state index contributed by atoms with van der Waals surface area (Å²) in [5, 5.41) is 23.9. The average Bonchev–Trinajstić information content (AvgIpc) is 3.34. The molecule has 0 aliphatic heterocycles. The number of para-hydroxylation sites is 1. The maximum Gasteiger partial charge on any atom is 0.235 e. The topological polar surface area (TPSA) is 81.8 Å². The number of hydrogen-bond donors (Lipinski definition) is 1. The molecule has 0 aliphatic rings. The second-order valence-electron chi connectivity index (χ2n) is 6.73. The molecule has 0 fully saturated rings. The Morgan fingerprint density at radius 1 is 1.00 bits per heavy atom. The van der Waals surface area contributed by atoms with Gasteiger partial charge >= 0.3 is 0 Å². The van der Waals surface area contributed by atoms with Crippen molar-refractivity contribution in [2.75, 3.05) is 13.2 Å². The summed E-state index contributed by atoms with van der Waals surface area (Å²) >= 11 is 1.42. The van der Waals surface area contributed by atoms with Gasteiger partial charge in [0.25, 0.3) is 0 Å². The Kier molecular flexibility index (Phi) is 6.18. The van der Waals surface area contributed by atoms with Gasteiger partial charge in [0, 0.05) is 11.6 Å². The van der Waals surface area contributed by atoms with E-state index in [0.29, 0.717) is 29.6 Å². The zero-order valence-corrected chi connectivity index (χ0v) is 18.5. The summed E-state index contributed by atoms with van der Waals surface area (Å²) in [5.74, 6) is 2.28. The van der Waals surface area contributed by atoms with Gasteiger partial charge in [-0.3, -0.25) is 0 Å². The van der Waals surface area contributed by atoms with Crippen LogP contribution in [0.4, 0.5) is 0 Å². The molecule has 160 valence electrons. The van der Waals surface area contributed by atoms with E-state index >= 15 is 0 Å². The maximum absolute atomic E-state index is 10.1. The minimum Gasteiger partial charge on any atom is -0.507 e. The van der Waals surface area contributed by atoms with Gasteiger partial charge < -0.3 is 14.6 Å². The minimum atomic E-state index is 0.143. The monoisotopic (exact) mass is 436 g/mol. The molecule has 0 atom stereocenters. The summed E-state index contributed by atoms with van der Waals surface area (Å²) in [7, 11) is 0. The van der Waals surface area contributed by atoms with Crippen molar-refractivity contribution in [3.05, 3.63) is 52.5 Å². The minimum absolute atomic E-state index is 0.143. The van der Waals surface area contributed by atoms with Gasteiger partial charge in [0.2, 0.25) is 4.96 Å². The zero-order valence-electron chi connectivity index (χ0n) is 17.7. The number of rotatable bonds is 8. The smallest absolute Gasteiger partial charge is 0.235 e. The number of phenolic OH excluding ortho intramolecular Hbond substituents is 1. The maximum atomic E-state index is 10.1. The Morgan fingerprint density at radius 2 is 1.77 bits per heavy atom. The van der Waals surface area contributed by atoms with Crippen molar-refractivity contribution < 1.29 is 14.6 Å². The van der Waals surface area contributed by atoms with E-state index in [2.05, 4.69) is 28.3 Å². The number of hydrogen-bond acceptors (Lipinski definition) is 7. The second-order valence-corrected chi connectivity index (χ2v) is 7.71. The molecule has 0 unspecified atom stereocenters. The number of ether oxygens (including phenoxy) is 2. The molecule has 2 aromatic carbocycles. The first-order valence-electron chi connectivity index (χ1n) is 10.3. The van der Waals surface area contributed by atoms with Gasteiger partial charge in [-0.1, -0.05) is 30.4 Å². The summed E-state index contributed by atoms with van der Waals surface area (Å²) < 4.78 is 13.3. The van der Waals surface area contributed by atoms with Crippen LogP contribution in [0.25, 0.3) is 28.5 Å². The quantitative estimate of drug-likeness (QED) is 0.414. The molecule has 0 saturated heterocycles. The van der Waals surface area contributed by atoms with E-state index in [1.807, 2.05) is 38.1 Å². The van der Waals surface area contributed by atoms with Gasteiger partial charge in [0.05, 0.1) is 18.8 Å². The lowest BCUT2D eigenvalue weighted by Crippen LogP contribution is -2.00. The molecule has 0 spiro atoms. The van der Waals surface area contributed by atoms with Crippen molar-refractivity contribution in [2.45, 2.75) is 27.2 Å². The summed E-state index contributed by atoms with van der Waals surface area (Å²) in [6.07, 6.45) is 4.79. The van der Waals surface area contributed by atoms with Crippen molar-refractivity contribution in [2.24, 2.45) is 0 Å². The molecule has 0 radical (unpaired) electrons. The fourth-order valence-electron chi connectivity index (χ4n) is 3.29. The van der Waals surface area contributed by atoms with Crippen molar-refractivity contribution in [3.63, 3.8) is 0 Å². The van der Waals surface area contributed by atoms with Gasteiger partial charge in [0.1, 0.15) is 22.3 Å². The Labute approximate surface area is 184 Å². The molecule has 7 nitrogen and oxygen atoms in total. The molecule has 8 heteroatoms. The van der Waals surface area contributed by atoms with Crippen molar-refractivity contribution in [3.8, 4) is 28.6 Å². The molecule has 0 aliphatic carbocycles. The molecular formula is C23H24N4O3S. The average molecular weight is 437 g/mol. The van der Waals surface area contributed by atoms with Crippen molar-refractivity contribution in [1.29, 1.82) is 0 Å². The number of nitrogens with zero attached hydrogens (tertiary/aromatic N) is 4. The largest absolute Gasteiger partial charge is 0.507 e. The van der Waals surface area contributed by atoms with Gasteiger partial charge in [-0.25, -0.2) is 0 Å². The predicted octanol–water partition coefficient (Wildman–Crippen LogP) is 5.09. The molecule has 4 rings (SSSR count). The standard InChI is InChI=1S/C23H24N4O3S/c1-4-15-13-16(20(30-6-3)14-19(15)29-5-2)11-12-21-26-27-22(24-25-23(27)31-21)17-9-7-8-10-18(17)28/h7-14,28H,4-6H2,1-3H3/b12-11+. The van der Waals surface area contributed by atoms with Crippen molar-refractivity contribution in [1.82, 2.24) is 19.8 Å². The Hall–Kier alpha value is -3.39. The molecule has 2 aromatic heterocycles. The number of aryl methyl sites for hydroxylation is 1. The molecule has 1 N–H and O–H groups in total. The van der Waals surface area contributed by atoms with Crippen LogP contribution in [0.1, 0.15) is 36.9 Å². The van der Waals surface area contributed by atoms with E-state index in [1.54, 1.807) is 22.7 Å². The van der Waals surface area contributed by atoms with Crippen LogP contribution in [0.15, 0.2) is 36.4 Å². The van der Waals surface area contributed by atoms with Crippen LogP contribution in [0.5, 0.6) is 17.2 Å². The molecule has 0 bridgehead atoms. The molecule has 0 saturated carbocycles. The summed E-state index contributed by atoms with van der Waals surface area (Å²) in [6.45, 7) is 7.23. The zero-order chi connectivity index (χ0) is 21.8. The highest BCUT2D eigenvalue weighted by Gasteiger charge is 2.15. The van der Waals surface area contributed by atoms with Gasteiger partial charge in [-0.15, -0.1) is 10.2 Å². The Bertz CT molecular complexity index is 1230. The first kappa shape index (κ1) is 20.9. The highest BCUT2D eigenvalue weighted by molar-refractivity contribution is 7.17. The van der Waals surface area contributed by atoms with Crippen LogP contribution in [-0.4, -0.2) is 38.1 Å². The van der Waals surface area contributed by atoms with Gasteiger partial charge in [-0.2, -0.15) is 9.61 Å². The van der Waals surface area contributed by atoms with E-state index in [9.17, 15) is 5.11 Å². The van der Waals surface area contributed by atoms with Crippen LogP contribution in [-0.2, 0) is 6.42 Å². The number of fused-ring (bicyclic) bond motifs is 1. The Balaban J connectivity index is 1.69. The first-order chi connectivity index (χ1) is 15.1. The van der Waals surface area contributed by atoms with Crippen molar-refractivity contribution >= 4 is 28.4 Å². The third kappa shape index (κ3) is 4.25. The lowest BCUT2D eigenvalue weighted by atomic mass is 10.1. The molecule has 0 amide bonds. The number of aromatic hydroxyl groups is 1. The van der Waals surface area contributed by atoms with Crippen LogP contribution >= 0.6 is 11.3 Å². The number of phenols is 1. The summed E-state index contributed by atoms with van der Waals surface area (Å²) in [6, 6.07) is 11.1. The third-order valence-electron chi connectivity index (χ3n) is 4.73. The predicted molar refractivity (Wildman–Crippen MR) is 123 cm³/mol. The summed E-state index contributed by atoms with van der Waals surface area (Å²) in [4.78, 5) is 0.656. The first-order valence-corrected chi connectivity index (χ1v) is 11.1. The highest BCUT2D eigenvalue weighted by Crippen LogP contribution is 2.32. The molecule has 4 aromatic rings. The van der Waals surface area contributed by atoms with E-state index < -0.39 is 0 Å². The number of benzene rings is 2. The third-order valence-corrected chi connectivity index (χ3v) is 5.59.